The summed E-state index contributed by atoms with van der Waals surface area (Å²) in [5.74, 6) is 0.268. The maximum absolute atomic E-state index is 12.3. The molecule has 0 unspecified atom stereocenters. The molecule has 0 heterocycles. The molecule has 0 radical (unpaired) electrons. The van der Waals surface area contributed by atoms with Gasteiger partial charge in [0.05, 0.1) is 24.3 Å². The molecule has 2 rings (SSSR count). The van der Waals surface area contributed by atoms with Crippen LogP contribution in [-0.4, -0.2) is 25.2 Å². The van der Waals surface area contributed by atoms with E-state index in [-0.39, 0.29) is 5.97 Å². The van der Waals surface area contributed by atoms with Crippen molar-refractivity contribution in [2.24, 2.45) is 0 Å². The van der Waals surface area contributed by atoms with Gasteiger partial charge in [-0.3, -0.25) is 0 Å². The molecule has 0 spiro atoms. The number of unbranched alkanes of at least 4 members (excludes halogenated alkanes) is 4. The zero-order valence-electron chi connectivity index (χ0n) is 17.3. The van der Waals surface area contributed by atoms with Gasteiger partial charge in [-0.05, 0) is 61.4 Å². The summed E-state index contributed by atoms with van der Waals surface area (Å²) in [6, 6.07) is 13.2. The molecule has 0 fully saturated rings. The summed E-state index contributed by atoms with van der Waals surface area (Å²) >= 11 is 0. The van der Waals surface area contributed by atoms with Crippen LogP contribution in [0.25, 0.3) is 0 Å². The zero-order valence-corrected chi connectivity index (χ0v) is 17.3. The van der Waals surface area contributed by atoms with Gasteiger partial charge < -0.3 is 14.2 Å². The Kier molecular flexibility index (Phi) is 9.76. The lowest BCUT2D eigenvalue weighted by Gasteiger charge is -2.08. The summed E-state index contributed by atoms with van der Waals surface area (Å²) in [6.45, 7) is 5.19. The molecule has 156 valence electrons. The Morgan fingerprint density at radius 2 is 1.24 bits per heavy atom. The SMILES string of the molecule is CCCCCCCOc1ccc(C(=O)Oc2ccc(C(=O)OCCC)cc2)cc1. The number of hydrogen-bond donors (Lipinski definition) is 0. The predicted molar refractivity (Wildman–Crippen MR) is 113 cm³/mol. The van der Waals surface area contributed by atoms with Gasteiger partial charge in [0.2, 0.25) is 0 Å². The molecular formula is C24H30O5. The molecule has 5 nitrogen and oxygen atoms in total. The number of esters is 2. The van der Waals surface area contributed by atoms with Crippen molar-refractivity contribution in [3.63, 3.8) is 0 Å². The second-order valence-electron chi connectivity index (χ2n) is 6.84. The standard InChI is InChI=1S/C24H30O5/c1-3-5-6-7-8-18-27-21-13-9-20(10-14-21)24(26)29-22-15-11-19(12-16-22)23(25)28-17-4-2/h9-16H,3-8,17-18H2,1-2H3. The van der Waals surface area contributed by atoms with Crippen molar-refractivity contribution in [2.45, 2.75) is 52.4 Å². The minimum absolute atomic E-state index is 0.370. The molecule has 0 aromatic heterocycles. The number of carbonyl (C=O) groups is 2. The summed E-state index contributed by atoms with van der Waals surface area (Å²) in [7, 11) is 0. The monoisotopic (exact) mass is 398 g/mol. The average molecular weight is 398 g/mol. The Bertz CT molecular complexity index is 750. The zero-order chi connectivity index (χ0) is 20.9. The van der Waals surface area contributed by atoms with Crippen molar-refractivity contribution < 1.29 is 23.8 Å². The first-order valence-corrected chi connectivity index (χ1v) is 10.4. The van der Waals surface area contributed by atoms with Gasteiger partial charge in [0.25, 0.3) is 0 Å². The molecule has 0 bridgehead atoms. The lowest BCUT2D eigenvalue weighted by atomic mass is 10.2. The van der Waals surface area contributed by atoms with Gasteiger partial charge in [-0.2, -0.15) is 0 Å². The highest BCUT2D eigenvalue weighted by Crippen LogP contribution is 2.17. The van der Waals surface area contributed by atoms with Gasteiger partial charge in [0.15, 0.2) is 0 Å². The van der Waals surface area contributed by atoms with E-state index in [1.54, 1.807) is 48.5 Å². The van der Waals surface area contributed by atoms with Crippen LogP contribution >= 0.6 is 0 Å². The van der Waals surface area contributed by atoms with Crippen molar-refractivity contribution in [3.05, 3.63) is 59.7 Å². The van der Waals surface area contributed by atoms with E-state index in [0.717, 1.165) is 18.6 Å². The molecule has 0 atom stereocenters. The van der Waals surface area contributed by atoms with Crippen molar-refractivity contribution >= 4 is 11.9 Å². The number of carbonyl (C=O) groups excluding carboxylic acids is 2. The van der Waals surface area contributed by atoms with Gasteiger partial charge in [-0.25, -0.2) is 9.59 Å². The molecule has 2 aromatic carbocycles. The summed E-state index contributed by atoms with van der Waals surface area (Å²) in [6.07, 6.45) is 6.71. The second kappa shape index (κ2) is 12.6. The third-order valence-electron chi connectivity index (χ3n) is 4.34. The van der Waals surface area contributed by atoms with E-state index in [4.69, 9.17) is 14.2 Å². The molecule has 0 saturated carbocycles. The minimum atomic E-state index is -0.461. The van der Waals surface area contributed by atoms with Crippen LogP contribution in [0.3, 0.4) is 0 Å². The Balaban J connectivity index is 1.80. The van der Waals surface area contributed by atoms with Crippen LogP contribution in [0.2, 0.25) is 0 Å². The third kappa shape index (κ3) is 7.98. The van der Waals surface area contributed by atoms with Crippen molar-refractivity contribution in [1.82, 2.24) is 0 Å². The third-order valence-corrected chi connectivity index (χ3v) is 4.34. The first kappa shape index (κ1) is 22.5. The summed E-state index contributed by atoms with van der Waals surface area (Å²) in [4.78, 5) is 24.1. The highest BCUT2D eigenvalue weighted by molar-refractivity contribution is 5.92. The fraction of sp³-hybridized carbons (Fsp3) is 0.417. The molecule has 29 heavy (non-hydrogen) atoms. The smallest absolute Gasteiger partial charge is 0.343 e. The fourth-order valence-corrected chi connectivity index (χ4v) is 2.69. The van der Waals surface area contributed by atoms with Crippen molar-refractivity contribution in [3.8, 4) is 11.5 Å². The highest BCUT2D eigenvalue weighted by atomic mass is 16.5. The summed E-state index contributed by atoms with van der Waals surface area (Å²) < 4.78 is 16.1. The van der Waals surface area contributed by atoms with Crippen LogP contribution in [0, 0.1) is 0 Å². The van der Waals surface area contributed by atoms with E-state index in [1.807, 2.05) is 6.92 Å². The number of benzene rings is 2. The normalized spacial score (nSPS) is 10.4. The van der Waals surface area contributed by atoms with Gasteiger partial charge in [-0.15, -0.1) is 0 Å². The molecule has 0 aliphatic carbocycles. The van der Waals surface area contributed by atoms with E-state index in [9.17, 15) is 9.59 Å². The fourth-order valence-electron chi connectivity index (χ4n) is 2.69. The van der Waals surface area contributed by atoms with Gasteiger partial charge >= 0.3 is 11.9 Å². The van der Waals surface area contributed by atoms with E-state index in [2.05, 4.69) is 6.92 Å². The Labute approximate surface area is 173 Å². The number of rotatable bonds is 12. The first-order valence-electron chi connectivity index (χ1n) is 10.4. The van der Waals surface area contributed by atoms with Crippen molar-refractivity contribution in [1.29, 1.82) is 0 Å². The predicted octanol–water partition coefficient (Wildman–Crippen LogP) is 5.82. The van der Waals surface area contributed by atoms with Crippen LogP contribution in [0.4, 0.5) is 0 Å². The maximum Gasteiger partial charge on any atom is 0.343 e. The largest absolute Gasteiger partial charge is 0.494 e. The molecule has 0 N–H and O–H groups in total. The molecule has 0 aliphatic heterocycles. The number of ether oxygens (including phenoxy) is 3. The van der Waals surface area contributed by atoms with Crippen molar-refractivity contribution in [2.75, 3.05) is 13.2 Å². The molecule has 0 saturated heterocycles. The molecule has 5 heteroatoms. The van der Waals surface area contributed by atoms with E-state index >= 15 is 0 Å². The maximum atomic E-state index is 12.3. The highest BCUT2D eigenvalue weighted by Gasteiger charge is 2.11. The molecule has 0 amide bonds. The molecular weight excluding hydrogens is 368 g/mol. The van der Waals surface area contributed by atoms with Gasteiger partial charge in [0, 0.05) is 0 Å². The topological polar surface area (TPSA) is 61.8 Å². The van der Waals surface area contributed by atoms with Crippen LogP contribution in [0.15, 0.2) is 48.5 Å². The van der Waals surface area contributed by atoms with E-state index in [0.29, 0.717) is 30.1 Å². The second-order valence-corrected chi connectivity index (χ2v) is 6.84. The molecule has 0 aliphatic rings. The van der Waals surface area contributed by atoms with Crippen LogP contribution in [-0.2, 0) is 4.74 Å². The Hall–Kier alpha value is -2.82. The first-order chi connectivity index (χ1) is 14.1. The van der Waals surface area contributed by atoms with Gasteiger partial charge in [-0.1, -0.05) is 39.5 Å². The quantitative estimate of drug-likeness (QED) is 0.256. The Morgan fingerprint density at radius 3 is 1.86 bits per heavy atom. The lowest BCUT2D eigenvalue weighted by Crippen LogP contribution is -2.09. The van der Waals surface area contributed by atoms with E-state index < -0.39 is 5.97 Å². The van der Waals surface area contributed by atoms with Crippen LogP contribution in [0.5, 0.6) is 11.5 Å². The van der Waals surface area contributed by atoms with Gasteiger partial charge in [0.1, 0.15) is 11.5 Å². The van der Waals surface area contributed by atoms with Crippen LogP contribution in [0.1, 0.15) is 73.1 Å². The minimum Gasteiger partial charge on any atom is -0.494 e. The Morgan fingerprint density at radius 1 is 0.655 bits per heavy atom. The van der Waals surface area contributed by atoms with E-state index in [1.165, 1.54) is 25.7 Å². The molecule has 2 aromatic rings. The average Bonchev–Trinajstić information content (AvgIpc) is 2.75. The van der Waals surface area contributed by atoms with Crippen LogP contribution < -0.4 is 9.47 Å². The summed E-state index contributed by atoms with van der Waals surface area (Å²) in [5, 5.41) is 0. The summed E-state index contributed by atoms with van der Waals surface area (Å²) in [5.41, 5.74) is 0.862. The lowest BCUT2D eigenvalue weighted by molar-refractivity contribution is 0.0505. The number of hydrogen-bond acceptors (Lipinski definition) is 5.